The summed E-state index contributed by atoms with van der Waals surface area (Å²) < 4.78 is 13.0. The van der Waals surface area contributed by atoms with Crippen LogP contribution < -0.4 is 0 Å². The first kappa shape index (κ1) is 16.5. The van der Waals surface area contributed by atoms with Crippen molar-refractivity contribution in [2.45, 2.75) is 39.5 Å². The standard InChI is InChI=1S/C20H20FNO2/c1-11-6-12(2)18(13(3)7-11)19-17(23)9-14(20(19)24)8-16-5-4-15(21)10-22-16/h4-7,10,14,19H,8-9H2,1-3H3. The van der Waals surface area contributed by atoms with Gasteiger partial charge in [0.15, 0.2) is 5.78 Å². The number of pyridine rings is 1. The highest BCUT2D eigenvalue weighted by atomic mass is 19.1. The van der Waals surface area contributed by atoms with E-state index in [1.54, 1.807) is 6.07 Å². The summed E-state index contributed by atoms with van der Waals surface area (Å²) in [7, 11) is 0. The Morgan fingerprint density at radius 2 is 1.79 bits per heavy atom. The van der Waals surface area contributed by atoms with Crippen LogP contribution in [-0.4, -0.2) is 16.6 Å². The van der Waals surface area contributed by atoms with Gasteiger partial charge < -0.3 is 0 Å². The van der Waals surface area contributed by atoms with E-state index in [4.69, 9.17) is 0 Å². The lowest BCUT2D eigenvalue weighted by atomic mass is 9.86. The van der Waals surface area contributed by atoms with Crippen molar-refractivity contribution in [2.24, 2.45) is 5.92 Å². The summed E-state index contributed by atoms with van der Waals surface area (Å²) in [6.07, 6.45) is 1.75. The predicted molar refractivity (Wildman–Crippen MR) is 89.4 cm³/mol. The van der Waals surface area contributed by atoms with Crippen molar-refractivity contribution < 1.29 is 14.0 Å². The Morgan fingerprint density at radius 1 is 1.12 bits per heavy atom. The molecule has 2 atom stereocenters. The van der Waals surface area contributed by atoms with Gasteiger partial charge >= 0.3 is 0 Å². The Morgan fingerprint density at radius 3 is 2.38 bits per heavy atom. The zero-order valence-electron chi connectivity index (χ0n) is 14.1. The summed E-state index contributed by atoms with van der Waals surface area (Å²) in [4.78, 5) is 29.4. The zero-order valence-corrected chi connectivity index (χ0v) is 14.1. The van der Waals surface area contributed by atoms with Gasteiger partial charge in [0.2, 0.25) is 0 Å². The van der Waals surface area contributed by atoms with E-state index in [1.165, 1.54) is 6.07 Å². The molecular weight excluding hydrogens is 305 g/mol. The number of carbonyl (C=O) groups is 2. The maximum atomic E-state index is 13.0. The molecule has 2 unspecified atom stereocenters. The van der Waals surface area contributed by atoms with Crippen LogP contribution in [0.2, 0.25) is 0 Å². The number of rotatable bonds is 3. The molecule has 24 heavy (non-hydrogen) atoms. The van der Waals surface area contributed by atoms with E-state index in [0.717, 1.165) is 28.5 Å². The van der Waals surface area contributed by atoms with E-state index < -0.39 is 11.7 Å². The van der Waals surface area contributed by atoms with Crippen molar-refractivity contribution >= 4 is 11.6 Å². The van der Waals surface area contributed by atoms with Gasteiger partial charge in [-0.25, -0.2) is 4.39 Å². The second-order valence-electron chi connectivity index (χ2n) is 6.69. The molecule has 0 N–H and O–H groups in total. The molecule has 2 aromatic rings. The molecule has 124 valence electrons. The number of benzene rings is 1. The third-order valence-electron chi connectivity index (χ3n) is 4.73. The SMILES string of the molecule is Cc1cc(C)c(C2C(=O)CC(Cc3ccc(F)cn3)C2=O)c(C)c1. The van der Waals surface area contributed by atoms with Crippen molar-refractivity contribution in [3.8, 4) is 0 Å². The number of ketones is 2. The number of hydrogen-bond acceptors (Lipinski definition) is 3. The molecule has 4 heteroatoms. The number of hydrogen-bond donors (Lipinski definition) is 0. The first-order chi connectivity index (χ1) is 11.4. The minimum atomic E-state index is -0.670. The Labute approximate surface area is 140 Å². The van der Waals surface area contributed by atoms with Crippen molar-refractivity contribution in [2.75, 3.05) is 0 Å². The molecule has 0 bridgehead atoms. The summed E-state index contributed by atoms with van der Waals surface area (Å²) in [6, 6.07) is 6.92. The molecule has 3 rings (SSSR count). The van der Waals surface area contributed by atoms with Crippen molar-refractivity contribution in [3.05, 3.63) is 64.2 Å². The van der Waals surface area contributed by atoms with Crippen LogP contribution in [0.1, 0.15) is 40.3 Å². The lowest BCUT2D eigenvalue weighted by Crippen LogP contribution is -2.19. The molecule has 1 saturated carbocycles. The fourth-order valence-corrected chi connectivity index (χ4v) is 3.76. The summed E-state index contributed by atoms with van der Waals surface area (Å²) in [5.41, 5.74) is 4.59. The third-order valence-corrected chi connectivity index (χ3v) is 4.73. The molecular formula is C20H20FNO2. The van der Waals surface area contributed by atoms with Crippen LogP contribution in [0.4, 0.5) is 4.39 Å². The van der Waals surface area contributed by atoms with Crippen molar-refractivity contribution in [1.82, 2.24) is 4.98 Å². The minimum absolute atomic E-state index is 0.0258. The van der Waals surface area contributed by atoms with E-state index in [1.807, 2.05) is 32.9 Å². The van der Waals surface area contributed by atoms with Gasteiger partial charge in [0, 0.05) is 18.0 Å². The Balaban J connectivity index is 1.88. The van der Waals surface area contributed by atoms with E-state index in [-0.39, 0.29) is 23.9 Å². The molecule has 1 aliphatic rings. The maximum Gasteiger partial charge on any atom is 0.151 e. The molecule has 1 fully saturated rings. The van der Waals surface area contributed by atoms with Crippen LogP contribution in [0.25, 0.3) is 0 Å². The number of Topliss-reactive ketones (excluding diaryl/α,β-unsaturated/α-hetero) is 2. The number of aryl methyl sites for hydroxylation is 3. The molecule has 0 aliphatic heterocycles. The zero-order chi connectivity index (χ0) is 17.4. The molecule has 0 radical (unpaired) electrons. The molecule has 3 nitrogen and oxygen atoms in total. The van der Waals surface area contributed by atoms with Crippen molar-refractivity contribution in [3.63, 3.8) is 0 Å². The van der Waals surface area contributed by atoms with Gasteiger partial charge in [-0.15, -0.1) is 0 Å². The van der Waals surface area contributed by atoms with Gasteiger partial charge in [0.05, 0.1) is 6.20 Å². The van der Waals surface area contributed by atoms with E-state index in [9.17, 15) is 14.0 Å². The number of halogens is 1. The molecule has 1 aromatic heterocycles. The Kier molecular flexibility index (Phi) is 4.31. The highest BCUT2D eigenvalue weighted by molar-refractivity contribution is 6.15. The first-order valence-electron chi connectivity index (χ1n) is 8.11. The van der Waals surface area contributed by atoms with Gasteiger partial charge in [-0.05, 0) is 56.0 Å². The topological polar surface area (TPSA) is 47.0 Å². The largest absolute Gasteiger partial charge is 0.298 e. The summed E-state index contributed by atoms with van der Waals surface area (Å²) in [5.74, 6) is -1.52. The molecule has 0 amide bonds. The Bertz CT molecular complexity index is 788. The number of carbonyl (C=O) groups excluding carboxylic acids is 2. The highest BCUT2D eigenvalue weighted by Crippen LogP contribution is 2.37. The Hall–Kier alpha value is -2.36. The van der Waals surface area contributed by atoms with Crippen LogP contribution >= 0.6 is 0 Å². The normalized spacial score (nSPS) is 20.7. The van der Waals surface area contributed by atoms with E-state index in [0.29, 0.717) is 12.1 Å². The van der Waals surface area contributed by atoms with Crippen LogP contribution in [0, 0.1) is 32.5 Å². The second-order valence-corrected chi connectivity index (χ2v) is 6.69. The summed E-state index contributed by atoms with van der Waals surface area (Å²) in [6.45, 7) is 5.90. The fraction of sp³-hybridized carbons (Fsp3) is 0.350. The van der Waals surface area contributed by atoms with E-state index in [2.05, 4.69) is 4.98 Å². The predicted octanol–water partition coefficient (Wildman–Crippen LogP) is 3.63. The first-order valence-corrected chi connectivity index (χ1v) is 8.11. The van der Waals surface area contributed by atoms with Gasteiger partial charge in [-0.1, -0.05) is 17.7 Å². The monoisotopic (exact) mass is 325 g/mol. The summed E-state index contributed by atoms with van der Waals surface area (Å²) in [5, 5.41) is 0. The number of nitrogens with zero attached hydrogens (tertiary/aromatic N) is 1. The lowest BCUT2D eigenvalue weighted by molar-refractivity contribution is -0.124. The molecule has 0 spiro atoms. The fourth-order valence-electron chi connectivity index (χ4n) is 3.76. The minimum Gasteiger partial charge on any atom is -0.298 e. The maximum absolute atomic E-state index is 13.0. The van der Waals surface area contributed by atoms with Gasteiger partial charge in [-0.2, -0.15) is 0 Å². The van der Waals surface area contributed by atoms with E-state index >= 15 is 0 Å². The number of aromatic nitrogens is 1. The van der Waals surface area contributed by atoms with Gasteiger partial charge in [-0.3, -0.25) is 14.6 Å². The third kappa shape index (κ3) is 3.01. The molecule has 0 saturated heterocycles. The van der Waals surface area contributed by atoms with Crippen LogP contribution in [0.15, 0.2) is 30.5 Å². The average Bonchev–Trinajstić information content (AvgIpc) is 2.76. The molecule has 1 aromatic carbocycles. The highest BCUT2D eigenvalue weighted by Gasteiger charge is 2.43. The van der Waals surface area contributed by atoms with Crippen LogP contribution in [0.3, 0.4) is 0 Å². The molecule has 1 aliphatic carbocycles. The lowest BCUT2D eigenvalue weighted by Gasteiger charge is -2.16. The quantitative estimate of drug-likeness (QED) is 0.810. The average molecular weight is 325 g/mol. The van der Waals surface area contributed by atoms with Crippen molar-refractivity contribution in [1.29, 1.82) is 0 Å². The summed E-state index contributed by atoms with van der Waals surface area (Å²) >= 11 is 0. The molecule has 1 heterocycles. The van der Waals surface area contributed by atoms with Crippen LogP contribution in [-0.2, 0) is 16.0 Å². The van der Waals surface area contributed by atoms with Gasteiger partial charge in [0.25, 0.3) is 0 Å². The van der Waals surface area contributed by atoms with Gasteiger partial charge in [0.1, 0.15) is 17.5 Å². The van der Waals surface area contributed by atoms with Crippen LogP contribution in [0.5, 0.6) is 0 Å². The second kappa shape index (κ2) is 6.27. The smallest absolute Gasteiger partial charge is 0.151 e.